The Morgan fingerprint density at radius 3 is 2.60 bits per heavy atom. The minimum absolute atomic E-state index is 0. The summed E-state index contributed by atoms with van der Waals surface area (Å²) in [7, 11) is 0. The van der Waals surface area contributed by atoms with Crippen LogP contribution in [0.15, 0.2) is 24.3 Å². The molecule has 0 aromatic heterocycles. The third-order valence-corrected chi connectivity index (χ3v) is 5.36. The lowest BCUT2D eigenvalue weighted by Crippen LogP contribution is -2.52. The summed E-state index contributed by atoms with van der Waals surface area (Å²) in [6.07, 6.45) is 5.52. The Labute approximate surface area is 155 Å². The van der Waals surface area contributed by atoms with E-state index < -0.39 is 5.54 Å². The van der Waals surface area contributed by atoms with Crippen LogP contribution in [0.25, 0.3) is 0 Å². The van der Waals surface area contributed by atoms with Crippen molar-refractivity contribution >= 4 is 29.9 Å². The zero-order chi connectivity index (χ0) is 17.2. The van der Waals surface area contributed by atoms with Gasteiger partial charge in [0, 0.05) is 30.7 Å². The number of nitrogens with one attached hydrogen (secondary N) is 1. The van der Waals surface area contributed by atoms with Gasteiger partial charge in [-0.2, -0.15) is 0 Å². The van der Waals surface area contributed by atoms with Gasteiger partial charge in [-0.25, -0.2) is 0 Å². The smallest absolute Gasteiger partial charge is 0.227 e. The van der Waals surface area contributed by atoms with Crippen LogP contribution in [0, 0.1) is 5.92 Å². The van der Waals surface area contributed by atoms with Gasteiger partial charge >= 0.3 is 0 Å². The molecule has 2 unspecified atom stereocenters. The molecule has 138 valence electrons. The summed E-state index contributed by atoms with van der Waals surface area (Å²) in [4.78, 5) is 26.1. The highest BCUT2D eigenvalue weighted by Gasteiger charge is 2.37. The van der Waals surface area contributed by atoms with Gasteiger partial charge in [-0.15, -0.1) is 12.4 Å². The van der Waals surface area contributed by atoms with Gasteiger partial charge in [0.2, 0.25) is 11.8 Å². The summed E-state index contributed by atoms with van der Waals surface area (Å²) < 4.78 is 0. The van der Waals surface area contributed by atoms with Crippen LogP contribution >= 0.6 is 12.4 Å². The van der Waals surface area contributed by atoms with Crippen molar-refractivity contribution in [2.45, 2.75) is 57.5 Å². The highest BCUT2D eigenvalue weighted by molar-refractivity contribution is 5.95. The largest absolute Gasteiger partial charge is 0.352 e. The predicted octanol–water partition coefficient (Wildman–Crippen LogP) is 2.76. The van der Waals surface area contributed by atoms with Gasteiger partial charge in [0.05, 0.1) is 5.92 Å². The maximum Gasteiger partial charge on any atom is 0.227 e. The molecule has 2 amide bonds. The van der Waals surface area contributed by atoms with Crippen molar-refractivity contribution in [1.29, 1.82) is 0 Å². The Morgan fingerprint density at radius 2 is 2.00 bits per heavy atom. The highest BCUT2D eigenvalue weighted by Crippen LogP contribution is 2.31. The summed E-state index contributed by atoms with van der Waals surface area (Å²) in [5.74, 6) is 0.141. The summed E-state index contributed by atoms with van der Waals surface area (Å²) in [5, 5.41) is 3.02. The van der Waals surface area contributed by atoms with Gasteiger partial charge < -0.3 is 16.0 Å². The molecule has 25 heavy (non-hydrogen) atoms. The minimum Gasteiger partial charge on any atom is -0.352 e. The Hall–Kier alpha value is -1.59. The maximum atomic E-state index is 12.5. The number of carbonyl (C=O) groups is 2. The van der Waals surface area contributed by atoms with Gasteiger partial charge in [-0.1, -0.05) is 25.0 Å². The van der Waals surface area contributed by atoms with E-state index in [9.17, 15) is 9.59 Å². The quantitative estimate of drug-likeness (QED) is 0.861. The number of nitrogens with two attached hydrogens (primary N) is 1. The van der Waals surface area contributed by atoms with Crippen LogP contribution in [0.3, 0.4) is 0 Å². The Morgan fingerprint density at radius 1 is 1.28 bits per heavy atom. The number of carbonyl (C=O) groups excluding carboxylic acids is 2. The van der Waals surface area contributed by atoms with Crippen molar-refractivity contribution in [3.8, 4) is 0 Å². The molecule has 1 heterocycles. The molecule has 3 N–H and O–H groups in total. The molecular formula is C19H28ClN3O2. The van der Waals surface area contributed by atoms with Gasteiger partial charge in [-0.3, -0.25) is 9.59 Å². The average molecular weight is 366 g/mol. The molecule has 0 radical (unpaired) electrons. The van der Waals surface area contributed by atoms with Gasteiger partial charge in [0.25, 0.3) is 0 Å². The first kappa shape index (κ1) is 19.7. The Balaban J connectivity index is 0.00000225. The number of hydrogen-bond acceptors (Lipinski definition) is 3. The molecule has 1 aliphatic carbocycles. The Kier molecular flexibility index (Phi) is 6.47. The lowest BCUT2D eigenvalue weighted by molar-refractivity contribution is -0.128. The predicted molar refractivity (Wildman–Crippen MR) is 102 cm³/mol. The minimum atomic E-state index is -0.400. The zero-order valence-corrected chi connectivity index (χ0v) is 15.6. The third-order valence-electron chi connectivity index (χ3n) is 5.36. The molecule has 5 nitrogen and oxygen atoms in total. The van der Waals surface area contributed by atoms with Crippen LogP contribution in [0.2, 0.25) is 0 Å². The molecule has 6 heteroatoms. The van der Waals surface area contributed by atoms with Crippen molar-refractivity contribution in [2.24, 2.45) is 11.7 Å². The third kappa shape index (κ3) is 4.53. The summed E-state index contributed by atoms with van der Waals surface area (Å²) in [5.41, 5.74) is 7.87. The lowest BCUT2D eigenvalue weighted by atomic mass is 9.74. The lowest BCUT2D eigenvalue weighted by Gasteiger charge is -2.37. The fourth-order valence-corrected chi connectivity index (χ4v) is 3.82. The van der Waals surface area contributed by atoms with E-state index >= 15 is 0 Å². The van der Waals surface area contributed by atoms with Crippen molar-refractivity contribution < 1.29 is 9.59 Å². The second-order valence-corrected chi connectivity index (χ2v) is 7.34. The van der Waals surface area contributed by atoms with E-state index in [0.717, 1.165) is 49.9 Å². The SMILES string of the molecule is CC1(N)CCCCC1C(=O)NCc1ccc(N2CCCC2=O)cc1.Cl. The number of halogens is 1. The second-order valence-electron chi connectivity index (χ2n) is 7.34. The monoisotopic (exact) mass is 365 g/mol. The van der Waals surface area contributed by atoms with E-state index in [-0.39, 0.29) is 30.1 Å². The molecule has 1 aromatic rings. The molecular weight excluding hydrogens is 338 g/mol. The van der Waals surface area contributed by atoms with Crippen molar-refractivity contribution in [2.75, 3.05) is 11.4 Å². The van der Waals surface area contributed by atoms with Crippen molar-refractivity contribution in [3.63, 3.8) is 0 Å². The molecule has 1 saturated carbocycles. The first-order valence-electron chi connectivity index (χ1n) is 8.93. The van der Waals surface area contributed by atoms with E-state index in [4.69, 9.17) is 5.73 Å². The first-order valence-corrected chi connectivity index (χ1v) is 8.93. The van der Waals surface area contributed by atoms with Crippen molar-refractivity contribution in [3.05, 3.63) is 29.8 Å². The molecule has 3 rings (SSSR count). The van der Waals surface area contributed by atoms with E-state index in [1.807, 2.05) is 36.1 Å². The standard InChI is InChI=1S/C19H27N3O2.ClH/c1-19(20)11-3-2-5-16(19)18(24)21-13-14-7-9-15(10-8-14)22-12-4-6-17(22)23;/h7-10,16H,2-6,11-13,20H2,1H3,(H,21,24);1H. The maximum absolute atomic E-state index is 12.5. The molecule has 1 saturated heterocycles. The molecule has 2 fully saturated rings. The number of hydrogen-bond donors (Lipinski definition) is 2. The van der Waals surface area contributed by atoms with Gasteiger partial charge in [0.1, 0.15) is 0 Å². The molecule has 2 atom stereocenters. The molecule has 0 bridgehead atoms. The summed E-state index contributed by atoms with van der Waals surface area (Å²) in [6, 6.07) is 7.87. The summed E-state index contributed by atoms with van der Waals surface area (Å²) >= 11 is 0. The first-order chi connectivity index (χ1) is 11.5. The highest BCUT2D eigenvalue weighted by atomic mass is 35.5. The number of rotatable bonds is 4. The van der Waals surface area contributed by atoms with Crippen LogP contribution in [0.4, 0.5) is 5.69 Å². The molecule has 1 aliphatic heterocycles. The van der Waals surface area contributed by atoms with Crippen LogP contribution in [-0.2, 0) is 16.1 Å². The number of benzene rings is 1. The molecule has 0 spiro atoms. The summed E-state index contributed by atoms with van der Waals surface area (Å²) in [6.45, 7) is 3.28. The normalized spacial score (nSPS) is 26.2. The molecule has 2 aliphatic rings. The molecule has 1 aromatic carbocycles. The topological polar surface area (TPSA) is 75.4 Å². The zero-order valence-electron chi connectivity index (χ0n) is 14.8. The number of amides is 2. The van der Waals surface area contributed by atoms with E-state index in [2.05, 4.69) is 5.32 Å². The van der Waals surface area contributed by atoms with Crippen LogP contribution in [0.1, 0.15) is 51.0 Å². The second kappa shape index (κ2) is 8.19. The van der Waals surface area contributed by atoms with E-state index in [0.29, 0.717) is 13.0 Å². The van der Waals surface area contributed by atoms with Gasteiger partial charge in [0.15, 0.2) is 0 Å². The average Bonchev–Trinajstić information content (AvgIpc) is 2.99. The van der Waals surface area contributed by atoms with Gasteiger partial charge in [-0.05, 0) is 43.9 Å². The van der Waals surface area contributed by atoms with Crippen LogP contribution < -0.4 is 16.0 Å². The Bertz CT molecular complexity index is 616. The van der Waals surface area contributed by atoms with Crippen LogP contribution in [-0.4, -0.2) is 23.9 Å². The number of nitrogens with zero attached hydrogens (tertiary/aromatic N) is 1. The fraction of sp³-hybridized carbons (Fsp3) is 0.579. The van der Waals surface area contributed by atoms with Crippen LogP contribution in [0.5, 0.6) is 0 Å². The van der Waals surface area contributed by atoms with E-state index in [1.54, 1.807) is 0 Å². The van der Waals surface area contributed by atoms with Crippen molar-refractivity contribution in [1.82, 2.24) is 5.32 Å². The fourth-order valence-electron chi connectivity index (χ4n) is 3.82. The van der Waals surface area contributed by atoms with E-state index in [1.165, 1.54) is 0 Å². The number of anilines is 1.